The van der Waals surface area contributed by atoms with E-state index in [9.17, 15) is 15.3 Å². The second-order valence-electron chi connectivity index (χ2n) is 5.45. The minimum atomic E-state index is -0.215. The first-order valence-corrected chi connectivity index (χ1v) is 7.77. The maximum atomic E-state index is 10.3. The summed E-state index contributed by atoms with van der Waals surface area (Å²) in [6.45, 7) is 0. The molecular weight excluding hydrogens is 342 g/mol. The molecule has 0 aliphatic rings. The van der Waals surface area contributed by atoms with Crippen LogP contribution in [0.25, 0.3) is 28.2 Å². The first kappa shape index (κ1) is 15.3. The number of aromatic nitrogens is 3. The van der Waals surface area contributed by atoms with Crippen LogP contribution >= 0.6 is 11.6 Å². The number of phenols is 3. The van der Waals surface area contributed by atoms with E-state index in [1.54, 1.807) is 41.1 Å². The molecule has 0 radical (unpaired) electrons. The fourth-order valence-electron chi connectivity index (χ4n) is 2.67. The molecule has 3 N–H and O–H groups in total. The summed E-state index contributed by atoms with van der Waals surface area (Å²) in [7, 11) is 0. The average Bonchev–Trinajstić information content (AvgIpc) is 2.98. The van der Waals surface area contributed by atoms with Gasteiger partial charge >= 0.3 is 0 Å². The summed E-state index contributed by atoms with van der Waals surface area (Å²) in [5.74, 6) is 0.183. The molecule has 4 aromatic rings. The maximum Gasteiger partial charge on any atom is 0.164 e. The Morgan fingerprint density at radius 1 is 0.920 bits per heavy atom. The lowest BCUT2D eigenvalue weighted by molar-refractivity contribution is 0.451. The number of halogens is 1. The third-order valence-electron chi connectivity index (χ3n) is 3.83. The lowest BCUT2D eigenvalue weighted by Gasteiger charge is -2.11. The second-order valence-corrected chi connectivity index (χ2v) is 5.86. The number of imidazole rings is 1. The summed E-state index contributed by atoms with van der Waals surface area (Å²) in [6.07, 6.45) is 1.65. The van der Waals surface area contributed by atoms with Crippen LogP contribution < -0.4 is 0 Å². The van der Waals surface area contributed by atoms with E-state index in [4.69, 9.17) is 11.6 Å². The van der Waals surface area contributed by atoms with Gasteiger partial charge in [-0.3, -0.25) is 4.57 Å². The number of aromatic hydroxyl groups is 3. The van der Waals surface area contributed by atoms with E-state index in [0.29, 0.717) is 28.2 Å². The van der Waals surface area contributed by atoms with Gasteiger partial charge in [-0.25, -0.2) is 9.97 Å². The first-order valence-electron chi connectivity index (χ1n) is 7.39. The number of fused-ring (bicyclic) bond motifs is 1. The van der Waals surface area contributed by atoms with Crippen LogP contribution in [0.2, 0.25) is 5.02 Å². The molecule has 4 rings (SSSR count). The molecule has 0 unspecified atom stereocenters. The van der Waals surface area contributed by atoms with Crippen LogP contribution in [0.5, 0.6) is 17.2 Å². The molecule has 25 heavy (non-hydrogen) atoms. The predicted octanol–water partition coefficient (Wildman–Crippen LogP) is 3.86. The Bertz CT molecular complexity index is 1090. The first-order chi connectivity index (χ1) is 12.0. The highest BCUT2D eigenvalue weighted by Crippen LogP contribution is 2.38. The van der Waals surface area contributed by atoms with Crippen molar-refractivity contribution < 1.29 is 15.3 Å². The van der Waals surface area contributed by atoms with Crippen LogP contribution in [0.15, 0.2) is 54.7 Å². The van der Waals surface area contributed by atoms with E-state index in [0.717, 1.165) is 0 Å². The lowest BCUT2D eigenvalue weighted by Crippen LogP contribution is -1.98. The van der Waals surface area contributed by atoms with Gasteiger partial charge in [-0.15, -0.1) is 0 Å². The Morgan fingerprint density at radius 3 is 2.44 bits per heavy atom. The van der Waals surface area contributed by atoms with E-state index in [1.807, 2.05) is 6.07 Å². The van der Waals surface area contributed by atoms with Gasteiger partial charge in [-0.1, -0.05) is 11.6 Å². The number of hydrogen-bond donors (Lipinski definition) is 3. The number of hydrogen-bond acceptors (Lipinski definition) is 5. The van der Waals surface area contributed by atoms with Crippen molar-refractivity contribution in [3.05, 3.63) is 59.8 Å². The van der Waals surface area contributed by atoms with E-state index in [2.05, 4.69) is 9.97 Å². The molecule has 0 spiro atoms. The topological polar surface area (TPSA) is 91.4 Å². The molecule has 0 atom stereocenters. The molecule has 2 heterocycles. The van der Waals surface area contributed by atoms with Gasteiger partial charge in [0.2, 0.25) is 0 Å². The minimum Gasteiger partial charge on any atom is -0.508 e. The zero-order chi connectivity index (χ0) is 17.6. The van der Waals surface area contributed by atoms with Crippen molar-refractivity contribution in [2.75, 3.05) is 0 Å². The molecule has 0 fully saturated rings. The number of rotatable bonds is 2. The smallest absolute Gasteiger partial charge is 0.164 e. The Kier molecular flexibility index (Phi) is 3.47. The number of nitrogens with zero attached hydrogens (tertiary/aromatic N) is 3. The van der Waals surface area contributed by atoms with Crippen LogP contribution in [-0.2, 0) is 0 Å². The SMILES string of the molecule is Oc1ccc(-n2c(-c3cc(Cl)c(O)cc3O)nc3cccnc32)cc1. The van der Waals surface area contributed by atoms with Crippen molar-refractivity contribution in [1.29, 1.82) is 0 Å². The van der Waals surface area contributed by atoms with Crippen LogP contribution in [0, 0.1) is 0 Å². The van der Waals surface area contributed by atoms with Crippen molar-refractivity contribution in [2.24, 2.45) is 0 Å². The Balaban J connectivity index is 2.06. The third kappa shape index (κ3) is 2.53. The van der Waals surface area contributed by atoms with Crippen LogP contribution in [0.3, 0.4) is 0 Å². The highest BCUT2D eigenvalue weighted by Gasteiger charge is 2.19. The van der Waals surface area contributed by atoms with Gasteiger partial charge in [0.05, 0.1) is 10.6 Å². The van der Waals surface area contributed by atoms with Crippen LogP contribution in [-0.4, -0.2) is 29.9 Å². The van der Waals surface area contributed by atoms with Crippen molar-refractivity contribution in [3.8, 4) is 34.3 Å². The Hall–Kier alpha value is -3.25. The summed E-state index contributed by atoms with van der Waals surface area (Å²) in [4.78, 5) is 8.92. The summed E-state index contributed by atoms with van der Waals surface area (Å²) in [5, 5.41) is 29.6. The molecule has 2 aromatic heterocycles. The van der Waals surface area contributed by atoms with Crippen LogP contribution in [0.4, 0.5) is 0 Å². The second kappa shape index (κ2) is 5.68. The van der Waals surface area contributed by atoms with Gasteiger partial charge in [0, 0.05) is 18.0 Å². The van der Waals surface area contributed by atoms with Crippen LogP contribution in [0.1, 0.15) is 0 Å². The summed E-state index contributed by atoms with van der Waals surface area (Å²) >= 11 is 6.01. The molecular formula is C18H12ClN3O3. The Morgan fingerprint density at radius 2 is 1.68 bits per heavy atom. The molecule has 0 aliphatic carbocycles. The zero-order valence-electron chi connectivity index (χ0n) is 12.8. The number of pyridine rings is 1. The average molecular weight is 354 g/mol. The van der Waals surface area contributed by atoms with Gasteiger partial charge < -0.3 is 15.3 Å². The molecule has 0 amide bonds. The largest absolute Gasteiger partial charge is 0.508 e. The normalized spacial score (nSPS) is 11.1. The lowest BCUT2D eigenvalue weighted by atomic mass is 10.1. The molecule has 0 aliphatic heterocycles. The standard InChI is InChI=1S/C18H12ClN3O3/c19-13-8-12(15(24)9-16(13)25)17-21-14-2-1-7-20-18(14)22(17)10-3-5-11(23)6-4-10/h1-9,23-25H. The zero-order valence-corrected chi connectivity index (χ0v) is 13.5. The predicted molar refractivity (Wildman–Crippen MR) is 94.3 cm³/mol. The number of benzene rings is 2. The Labute approximate surface area is 147 Å². The molecule has 0 saturated heterocycles. The summed E-state index contributed by atoms with van der Waals surface area (Å²) in [6, 6.07) is 12.7. The van der Waals surface area contributed by atoms with Gasteiger partial charge in [-0.05, 0) is 42.5 Å². The number of phenolic OH excluding ortho intramolecular Hbond substituents is 3. The summed E-state index contributed by atoms with van der Waals surface area (Å²) < 4.78 is 1.75. The van der Waals surface area contributed by atoms with Crippen molar-refractivity contribution in [1.82, 2.24) is 14.5 Å². The van der Waals surface area contributed by atoms with Gasteiger partial charge in [0.1, 0.15) is 22.8 Å². The van der Waals surface area contributed by atoms with Gasteiger partial charge in [-0.2, -0.15) is 0 Å². The summed E-state index contributed by atoms with van der Waals surface area (Å²) in [5.41, 5.74) is 2.28. The molecule has 6 nitrogen and oxygen atoms in total. The van der Waals surface area contributed by atoms with E-state index in [1.165, 1.54) is 12.1 Å². The fourth-order valence-corrected chi connectivity index (χ4v) is 2.83. The van der Waals surface area contributed by atoms with E-state index in [-0.39, 0.29) is 22.3 Å². The minimum absolute atomic E-state index is 0.102. The van der Waals surface area contributed by atoms with Gasteiger partial charge in [0.25, 0.3) is 0 Å². The van der Waals surface area contributed by atoms with Crippen molar-refractivity contribution >= 4 is 22.8 Å². The monoisotopic (exact) mass is 353 g/mol. The maximum absolute atomic E-state index is 10.3. The highest BCUT2D eigenvalue weighted by atomic mass is 35.5. The van der Waals surface area contributed by atoms with Crippen molar-refractivity contribution in [3.63, 3.8) is 0 Å². The van der Waals surface area contributed by atoms with E-state index < -0.39 is 0 Å². The van der Waals surface area contributed by atoms with Crippen molar-refractivity contribution in [2.45, 2.75) is 0 Å². The highest BCUT2D eigenvalue weighted by molar-refractivity contribution is 6.32. The van der Waals surface area contributed by atoms with Gasteiger partial charge in [0.15, 0.2) is 11.5 Å². The fraction of sp³-hybridized carbons (Fsp3) is 0. The van der Waals surface area contributed by atoms with E-state index >= 15 is 0 Å². The quantitative estimate of drug-likeness (QED) is 0.509. The molecule has 124 valence electrons. The third-order valence-corrected chi connectivity index (χ3v) is 4.13. The molecule has 0 saturated carbocycles. The molecule has 7 heteroatoms. The molecule has 0 bridgehead atoms. The molecule has 2 aromatic carbocycles.